The average molecular weight is 253 g/mol. The summed E-state index contributed by atoms with van der Waals surface area (Å²) in [5.41, 5.74) is 0. The summed E-state index contributed by atoms with van der Waals surface area (Å²) < 4.78 is 4.58. The molecule has 0 fully saturated rings. The van der Waals surface area contributed by atoms with Crippen molar-refractivity contribution < 1.29 is 9.53 Å². The molecule has 0 heterocycles. The topological polar surface area (TPSA) is 26.3 Å². The van der Waals surface area contributed by atoms with Gasteiger partial charge in [0.25, 0.3) is 0 Å². The predicted octanol–water partition coefficient (Wildman–Crippen LogP) is 3.70. The number of methoxy groups -OCH3 is 1. The quantitative estimate of drug-likeness (QED) is 0.337. The molecule has 0 saturated carbocycles. The van der Waals surface area contributed by atoms with Crippen LogP contribution >= 0.6 is 0 Å². The summed E-state index contributed by atoms with van der Waals surface area (Å²) in [6.07, 6.45) is 12.2. The van der Waals surface area contributed by atoms with Gasteiger partial charge in [0.2, 0.25) is 0 Å². The molecule has 0 aliphatic rings. The molecule has 0 amide bonds. The van der Waals surface area contributed by atoms with Gasteiger partial charge in [0.1, 0.15) is 0 Å². The second-order valence-corrected chi connectivity index (χ2v) is 4.15. The van der Waals surface area contributed by atoms with E-state index in [2.05, 4.69) is 11.7 Å². The molecule has 0 bridgehead atoms. The third-order valence-corrected chi connectivity index (χ3v) is 2.71. The van der Waals surface area contributed by atoms with Crippen LogP contribution in [0.15, 0.2) is 0 Å². The smallest absolute Gasteiger partial charge is 0.305 e. The summed E-state index contributed by atoms with van der Waals surface area (Å²) >= 11 is 0. The van der Waals surface area contributed by atoms with Crippen LogP contribution in [0.1, 0.15) is 71.1 Å². The first-order valence-corrected chi connectivity index (χ1v) is 6.38. The SMILES string of the molecule is CCCCCCCCCCCC(=O)OC.[K]. The molecule has 0 aromatic rings. The zero-order valence-electron chi connectivity index (χ0n) is 11.4. The minimum atomic E-state index is -0.0713. The van der Waals surface area contributed by atoms with Gasteiger partial charge in [0.05, 0.1) is 7.11 Å². The molecular weight excluding hydrogens is 227 g/mol. The van der Waals surface area contributed by atoms with E-state index in [0.717, 1.165) is 6.42 Å². The molecule has 0 aromatic carbocycles. The Morgan fingerprint density at radius 1 is 0.875 bits per heavy atom. The van der Waals surface area contributed by atoms with Crippen LogP contribution < -0.4 is 0 Å². The maximum absolute atomic E-state index is 10.8. The molecule has 1 radical (unpaired) electrons. The van der Waals surface area contributed by atoms with Gasteiger partial charge in [-0.15, -0.1) is 0 Å². The van der Waals surface area contributed by atoms with E-state index in [1.54, 1.807) is 0 Å². The average Bonchev–Trinajstić information content (AvgIpc) is 2.26. The first kappa shape index (κ1) is 19.4. The van der Waals surface area contributed by atoms with Gasteiger partial charge in [0, 0.05) is 57.8 Å². The van der Waals surface area contributed by atoms with Crippen molar-refractivity contribution in [2.45, 2.75) is 71.1 Å². The fourth-order valence-electron chi connectivity index (χ4n) is 1.68. The maximum atomic E-state index is 10.8. The number of carbonyl (C=O) groups excluding carboxylic acids is 1. The zero-order valence-corrected chi connectivity index (χ0v) is 14.5. The molecule has 0 rings (SSSR count). The molecule has 0 N–H and O–H groups in total. The Morgan fingerprint density at radius 2 is 1.31 bits per heavy atom. The molecule has 91 valence electrons. The fourth-order valence-corrected chi connectivity index (χ4v) is 1.68. The van der Waals surface area contributed by atoms with Crippen LogP contribution in [0.25, 0.3) is 0 Å². The van der Waals surface area contributed by atoms with Crippen LogP contribution in [-0.4, -0.2) is 64.5 Å². The number of ether oxygens (including phenoxy) is 1. The van der Waals surface area contributed by atoms with Gasteiger partial charge in [-0.1, -0.05) is 58.3 Å². The molecule has 16 heavy (non-hydrogen) atoms. The van der Waals surface area contributed by atoms with Crippen LogP contribution in [0.2, 0.25) is 0 Å². The molecule has 0 aromatic heterocycles. The maximum Gasteiger partial charge on any atom is 0.305 e. The van der Waals surface area contributed by atoms with Gasteiger partial charge < -0.3 is 4.74 Å². The van der Waals surface area contributed by atoms with Gasteiger partial charge in [-0.3, -0.25) is 4.79 Å². The molecule has 2 nitrogen and oxygen atoms in total. The van der Waals surface area contributed by atoms with E-state index < -0.39 is 0 Å². The number of hydrogen-bond donors (Lipinski definition) is 0. The van der Waals surface area contributed by atoms with Crippen molar-refractivity contribution in [3.8, 4) is 0 Å². The van der Waals surface area contributed by atoms with E-state index in [4.69, 9.17) is 0 Å². The number of hydrogen-bond acceptors (Lipinski definition) is 2. The van der Waals surface area contributed by atoms with Crippen molar-refractivity contribution in [1.29, 1.82) is 0 Å². The number of esters is 1. The van der Waals surface area contributed by atoms with Crippen molar-refractivity contribution in [3.05, 3.63) is 0 Å². The second-order valence-electron chi connectivity index (χ2n) is 4.15. The molecule has 0 saturated heterocycles. The molecule has 0 aliphatic heterocycles. The molecule has 0 aliphatic carbocycles. The normalized spacial score (nSPS) is 9.62. The summed E-state index contributed by atoms with van der Waals surface area (Å²) in [5, 5.41) is 0. The van der Waals surface area contributed by atoms with E-state index in [-0.39, 0.29) is 57.4 Å². The first-order chi connectivity index (χ1) is 7.31. The minimum Gasteiger partial charge on any atom is -0.469 e. The third kappa shape index (κ3) is 15.1. The number of unbranched alkanes of at least 4 members (excludes halogenated alkanes) is 8. The van der Waals surface area contributed by atoms with Gasteiger partial charge >= 0.3 is 5.97 Å². The Kier molecular flexibility index (Phi) is 19.6. The Morgan fingerprint density at radius 3 is 1.75 bits per heavy atom. The van der Waals surface area contributed by atoms with Gasteiger partial charge in [-0.05, 0) is 6.42 Å². The molecule has 0 spiro atoms. The number of carbonyl (C=O) groups is 1. The van der Waals surface area contributed by atoms with Crippen molar-refractivity contribution in [2.24, 2.45) is 0 Å². The second kappa shape index (κ2) is 16.1. The standard InChI is InChI=1S/C13H26O2.K/c1-3-4-5-6-7-8-9-10-11-12-13(14)15-2;/h3-12H2,1-2H3;. The van der Waals surface area contributed by atoms with E-state index in [9.17, 15) is 4.79 Å². The summed E-state index contributed by atoms with van der Waals surface area (Å²) in [6.45, 7) is 2.24. The van der Waals surface area contributed by atoms with Crippen LogP contribution in [0.3, 0.4) is 0 Å². The molecule has 3 heteroatoms. The third-order valence-electron chi connectivity index (χ3n) is 2.71. The van der Waals surface area contributed by atoms with Crippen LogP contribution in [-0.2, 0) is 9.53 Å². The zero-order chi connectivity index (χ0) is 11.4. The molecular formula is C13H26KO2. The van der Waals surface area contributed by atoms with Crippen LogP contribution in [0, 0.1) is 0 Å². The van der Waals surface area contributed by atoms with Crippen molar-refractivity contribution >= 4 is 57.4 Å². The van der Waals surface area contributed by atoms with E-state index in [1.807, 2.05) is 0 Å². The van der Waals surface area contributed by atoms with E-state index >= 15 is 0 Å². The Hall–Kier alpha value is 1.11. The van der Waals surface area contributed by atoms with Crippen molar-refractivity contribution in [3.63, 3.8) is 0 Å². The van der Waals surface area contributed by atoms with Crippen LogP contribution in [0.5, 0.6) is 0 Å². The molecule has 0 unspecified atom stereocenters. The van der Waals surface area contributed by atoms with Crippen molar-refractivity contribution in [2.75, 3.05) is 7.11 Å². The van der Waals surface area contributed by atoms with E-state index in [0.29, 0.717) is 6.42 Å². The minimum absolute atomic E-state index is 0. The van der Waals surface area contributed by atoms with Crippen LogP contribution in [0.4, 0.5) is 0 Å². The monoisotopic (exact) mass is 253 g/mol. The summed E-state index contributed by atoms with van der Waals surface area (Å²) in [5.74, 6) is -0.0713. The largest absolute Gasteiger partial charge is 0.469 e. The number of rotatable bonds is 10. The summed E-state index contributed by atoms with van der Waals surface area (Å²) in [6, 6.07) is 0. The predicted molar refractivity (Wildman–Crippen MR) is 69.6 cm³/mol. The summed E-state index contributed by atoms with van der Waals surface area (Å²) in [4.78, 5) is 10.8. The van der Waals surface area contributed by atoms with Gasteiger partial charge in [-0.25, -0.2) is 0 Å². The van der Waals surface area contributed by atoms with Crippen molar-refractivity contribution in [1.82, 2.24) is 0 Å². The van der Waals surface area contributed by atoms with E-state index in [1.165, 1.54) is 58.5 Å². The Labute approximate surface area is 143 Å². The first-order valence-electron chi connectivity index (χ1n) is 6.38. The van der Waals surface area contributed by atoms with Gasteiger partial charge in [-0.2, -0.15) is 0 Å². The van der Waals surface area contributed by atoms with Gasteiger partial charge in [0.15, 0.2) is 0 Å². The Bertz CT molecular complexity index is 149. The Balaban J connectivity index is 0. The summed E-state index contributed by atoms with van der Waals surface area (Å²) in [7, 11) is 1.45. The fraction of sp³-hybridized carbons (Fsp3) is 0.923. The molecule has 0 atom stereocenters.